The van der Waals surface area contributed by atoms with E-state index >= 15 is 0 Å². The van der Waals surface area contributed by atoms with Crippen LogP contribution in [0.1, 0.15) is 19.2 Å². The maximum atomic E-state index is 12.9. The average molecular weight is 307 g/mol. The summed E-state index contributed by atoms with van der Waals surface area (Å²) >= 11 is 0. The van der Waals surface area contributed by atoms with E-state index in [4.69, 9.17) is 0 Å². The van der Waals surface area contributed by atoms with Crippen molar-refractivity contribution in [2.45, 2.75) is 13.3 Å². The largest absolute Gasteiger partial charge is 0.349 e. The molecule has 116 valence electrons. The third kappa shape index (κ3) is 6.03. The topological polar surface area (TPSA) is 29.0 Å². The van der Waals surface area contributed by atoms with Gasteiger partial charge in [0.2, 0.25) is 5.82 Å². The maximum Gasteiger partial charge on any atom is 0.204 e. The van der Waals surface area contributed by atoms with Gasteiger partial charge in [-0.15, -0.1) is 12.8 Å². The van der Waals surface area contributed by atoms with E-state index in [9.17, 15) is 4.39 Å². The Morgan fingerprint density at radius 1 is 1.22 bits per heavy atom. The average Bonchev–Trinajstić information content (AvgIpc) is 2.61. The first-order valence-electron chi connectivity index (χ1n) is 6.92. The van der Waals surface area contributed by atoms with Crippen LogP contribution in [0.25, 0.3) is 0 Å². The fourth-order valence-corrected chi connectivity index (χ4v) is 1.70. The van der Waals surface area contributed by atoms with Gasteiger partial charge in [0, 0.05) is 37.2 Å². The Balaban J connectivity index is 0.00000127. The fraction of sp³-hybridized carbons (Fsp3) is 0.158. The predicted octanol–water partition coefficient (Wildman–Crippen LogP) is 3.65. The van der Waals surface area contributed by atoms with E-state index in [-0.39, 0.29) is 5.82 Å². The molecule has 0 aliphatic rings. The van der Waals surface area contributed by atoms with E-state index in [2.05, 4.69) is 34.7 Å². The predicted molar refractivity (Wildman–Crippen MR) is 92.0 cm³/mol. The lowest BCUT2D eigenvalue weighted by atomic mass is 10.2. The second kappa shape index (κ2) is 9.76. The molecule has 0 saturated carbocycles. The van der Waals surface area contributed by atoms with Crippen molar-refractivity contribution in [2.24, 2.45) is 0 Å². The molecule has 0 amide bonds. The highest BCUT2D eigenvalue weighted by Crippen LogP contribution is 2.17. The molecule has 23 heavy (non-hydrogen) atoms. The molecule has 0 aliphatic heterocycles. The van der Waals surface area contributed by atoms with Crippen molar-refractivity contribution in [3.05, 3.63) is 66.1 Å². The van der Waals surface area contributed by atoms with Gasteiger partial charge in [-0.3, -0.25) is 0 Å². The van der Waals surface area contributed by atoms with E-state index in [0.29, 0.717) is 12.2 Å². The zero-order valence-corrected chi connectivity index (χ0v) is 13.2. The van der Waals surface area contributed by atoms with E-state index in [0.717, 1.165) is 11.4 Å². The molecule has 3 nitrogen and oxygen atoms in total. The molecular weight excluding hydrogens is 289 g/mol. The standard InChI is InChI=1S/C17H16FN3.C2H2/c1-14(21(2)16-10-8-15(18)9-11-16)6-3-4-7-17-19-12-5-13-20-17;1-2/h5-6,8-13H,3H2,1-2H3;1-2H/b14-6-;. The van der Waals surface area contributed by atoms with Crippen LogP contribution in [0.15, 0.2) is 54.5 Å². The second-order valence-corrected chi connectivity index (χ2v) is 4.46. The molecule has 0 spiro atoms. The summed E-state index contributed by atoms with van der Waals surface area (Å²) in [6, 6.07) is 8.15. The number of benzene rings is 1. The lowest BCUT2D eigenvalue weighted by molar-refractivity contribution is 0.628. The fourth-order valence-electron chi connectivity index (χ4n) is 1.70. The van der Waals surface area contributed by atoms with Crippen molar-refractivity contribution in [2.75, 3.05) is 11.9 Å². The van der Waals surface area contributed by atoms with Gasteiger partial charge in [0.15, 0.2) is 0 Å². The molecule has 4 heteroatoms. The Kier molecular flexibility index (Phi) is 7.61. The van der Waals surface area contributed by atoms with E-state index in [1.807, 2.05) is 24.9 Å². The summed E-state index contributed by atoms with van der Waals surface area (Å²) in [5.41, 5.74) is 1.98. The van der Waals surface area contributed by atoms with Gasteiger partial charge in [-0.2, -0.15) is 0 Å². The number of terminal acetylenes is 1. The zero-order valence-electron chi connectivity index (χ0n) is 13.2. The van der Waals surface area contributed by atoms with Gasteiger partial charge in [0.05, 0.1) is 0 Å². The van der Waals surface area contributed by atoms with Crippen molar-refractivity contribution >= 4 is 5.69 Å². The van der Waals surface area contributed by atoms with Crippen LogP contribution in [0.2, 0.25) is 0 Å². The summed E-state index contributed by atoms with van der Waals surface area (Å²) in [5, 5.41) is 0. The smallest absolute Gasteiger partial charge is 0.204 e. The highest BCUT2D eigenvalue weighted by atomic mass is 19.1. The van der Waals surface area contributed by atoms with Gasteiger partial charge in [-0.05, 0) is 43.2 Å². The van der Waals surface area contributed by atoms with E-state index < -0.39 is 0 Å². The summed E-state index contributed by atoms with van der Waals surface area (Å²) in [6.45, 7) is 1.99. The molecule has 0 atom stereocenters. The molecule has 0 aliphatic carbocycles. The number of hydrogen-bond acceptors (Lipinski definition) is 3. The molecule has 0 saturated heterocycles. The zero-order chi connectivity index (χ0) is 17.1. The van der Waals surface area contributed by atoms with Crippen molar-refractivity contribution in [3.8, 4) is 24.7 Å². The number of hydrogen-bond donors (Lipinski definition) is 0. The van der Waals surface area contributed by atoms with Gasteiger partial charge in [-0.25, -0.2) is 14.4 Å². The molecule has 0 radical (unpaired) electrons. The lowest BCUT2D eigenvalue weighted by Gasteiger charge is -2.19. The van der Waals surface area contributed by atoms with Gasteiger partial charge >= 0.3 is 0 Å². The van der Waals surface area contributed by atoms with Crippen molar-refractivity contribution in [1.29, 1.82) is 0 Å². The first-order chi connectivity index (χ1) is 11.2. The van der Waals surface area contributed by atoms with Crippen molar-refractivity contribution in [3.63, 3.8) is 0 Å². The molecule has 0 bridgehead atoms. The summed E-state index contributed by atoms with van der Waals surface area (Å²) in [4.78, 5) is 10.1. The van der Waals surface area contributed by atoms with Crippen LogP contribution in [-0.2, 0) is 0 Å². The Bertz CT molecular complexity index is 707. The van der Waals surface area contributed by atoms with Gasteiger partial charge in [0.1, 0.15) is 5.82 Å². The first kappa shape index (κ1) is 17.9. The first-order valence-corrected chi connectivity index (χ1v) is 6.92. The number of aromatic nitrogens is 2. The Morgan fingerprint density at radius 2 is 1.83 bits per heavy atom. The molecule has 1 heterocycles. The normalized spacial score (nSPS) is 9.87. The SMILES string of the molecule is C#C.C/C(=C/CC#Cc1ncccn1)N(C)c1ccc(F)cc1. The summed E-state index contributed by atoms with van der Waals surface area (Å²) in [5.74, 6) is 6.20. The highest BCUT2D eigenvalue weighted by molar-refractivity contribution is 5.50. The van der Waals surface area contributed by atoms with Crippen molar-refractivity contribution < 1.29 is 4.39 Å². The minimum Gasteiger partial charge on any atom is -0.349 e. The summed E-state index contributed by atoms with van der Waals surface area (Å²) in [7, 11) is 1.94. The number of halogens is 1. The Labute approximate surface area is 136 Å². The number of nitrogens with zero attached hydrogens (tertiary/aromatic N) is 3. The van der Waals surface area contributed by atoms with E-state index in [1.165, 1.54) is 12.1 Å². The highest BCUT2D eigenvalue weighted by Gasteiger charge is 2.01. The van der Waals surface area contributed by atoms with Crippen LogP contribution in [-0.4, -0.2) is 17.0 Å². The van der Waals surface area contributed by atoms with Crippen molar-refractivity contribution in [1.82, 2.24) is 9.97 Å². The second-order valence-electron chi connectivity index (χ2n) is 4.46. The van der Waals surface area contributed by atoms with Gasteiger partial charge < -0.3 is 4.90 Å². The summed E-state index contributed by atoms with van der Waals surface area (Å²) < 4.78 is 12.9. The van der Waals surface area contributed by atoms with Gasteiger partial charge in [0.25, 0.3) is 0 Å². The van der Waals surface area contributed by atoms with Crippen LogP contribution in [0.3, 0.4) is 0 Å². The lowest BCUT2D eigenvalue weighted by Crippen LogP contribution is -2.13. The Hall–Kier alpha value is -3.11. The quantitative estimate of drug-likeness (QED) is 0.811. The van der Waals surface area contributed by atoms with Gasteiger partial charge in [-0.1, -0.05) is 12.0 Å². The minimum absolute atomic E-state index is 0.234. The monoisotopic (exact) mass is 307 g/mol. The molecule has 0 N–H and O–H groups in total. The minimum atomic E-state index is -0.234. The van der Waals surface area contributed by atoms with Crippen LogP contribution < -0.4 is 4.90 Å². The van der Waals surface area contributed by atoms with Crippen LogP contribution in [0.4, 0.5) is 10.1 Å². The number of allylic oxidation sites excluding steroid dienone is 2. The molecule has 0 fully saturated rings. The summed E-state index contributed by atoms with van der Waals surface area (Å²) in [6.07, 6.45) is 14.0. The molecule has 0 unspecified atom stereocenters. The number of rotatable bonds is 3. The molecule has 2 rings (SSSR count). The molecule has 2 aromatic rings. The Morgan fingerprint density at radius 3 is 2.43 bits per heavy atom. The number of anilines is 1. The molecule has 1 aromatic carbocycles. The molecule has 1 aromatic heterocycles. The van der Waals surface area contributed by atoms with Crippen LogP contribution in [0.5, 0.6) is 0 Å². The third-order valence-electron chi connectivity index (χ3n) is 3.01. The van der Waals surface area contributed by atoms with E-state index in [1.54, 1.807) is 30.6 Å². The maximum absolute atomic E-state index is 12.9. The van der Waals surface area contributed by atoms with Crippen LogP contribution in [0, 0.1) is 30.5 Å². The molecular formula is C19H18FN3. The third-order valence-corrected chi connectivity index (χ3v) is 3.01. The van der Waals surface area contributed by atoms with Crippen LogP contribution >= 0.6 is 0 Å².